The predicted octanol–water partition coefficient (Wildman–Crippen LogP) is 4.15. The highest BCUT2D eigenvalue weighted by Gasteiger charge is 2.16. The van der Waals surface area contributed by atoms with Crippen LogP contribution in [0.1, 0.15) is 31.9 Å². The van der Waals surface area contributed by atoms with Gasteiger partial charge in [-0.2, -0.15) is 0 Å². The summed E-state index contributed by atoms with van der Waals surface area (Å²) < 4.78 is 5.29. The van der Waals surface area contributed by atoms with Crippen LogP contribution in [0.2, 0.25) is 0 Å². The second-order valence-electron chi connectivity index (χ2n) is 6.17. The second-order valence-corrected chi connectivity index (χ2v) is 6.17. The lowest BCUT2D eigenvalue weighted by Gasteiger charge is -2.19. The zero-order valence-corrected chi connectivity index (χ0v) is 13.4. The van der Waals surface area contributed by atoms with Crippen molar-refractivity contribution >= 4 is 5.90 Å². The van der Waals surface area contributed by atoms with Crippen molar-refractivity contribution in [3.05, 3.63) is 65.7 Å². The molecule has 0 bridgehead atoms. The molecule has 2 aromatic rings. The van der Waals surface area contributed by atoms with E-state index in [1.807, 2.05) is 48.5 Å². The molecule has 0 fully saturated rings. The summed E-state index contributed by atoms with van der Waals surface area (Å²) >= 11 is 0. The Bertz CT molecular complexity index is 627. The Kier molecular flexibility index (Phi) is 5.21. The average Bonchev–Trinajstić information content (AvgIpc) is 3.02. The van der Waals surface area contributed by atoms with Crippen molar-refractivity contribution in [3.8, 4) is 5.75 Å². The van der Waals surface area contributed by atoms with Gasteiger partial charge in [-0.1, -0.05) is 57.2 Å². The largest absolute Gasteiger partial charge is 0.508 e. The zero-order valence-electron chi connectivity index (χ0n) is 13.4. The van der Waals surface area contributed by atoms with Gasteiger partial charge in [0.15, 0.2) is 0 Å². The fourth-order valence-corrected chi connectivity index (χ4v) is 2.20. The van der Waals surface area contributed by atoms with E-state index >= 15 is 0 Å². The second kappa shape index (κ2) is 7.12. The molecule has 0 saturated carbocycles. The van der Waals surface area contributed by atoms with Crippen LogP contribution >= 0.6 is 0 Å². The first-order chi connectivity index (χ1) is 10.5. The van der Waals surface area contributed by atoms with Crippen LogP contribution in [-0.4, -0.2) is 24.2 Å². The van der Waals surface area contributed by atoms with Crippen LogP contribution in [0.5, 0.6) is 5.75 Å². The van der Waals surface area contributed by atoms with Crippen LogP contribution in [0.4, 0.5) is 0 Å². The fourth-order valence-electron chi connectivity index (χ4n) is 2.20. The van der Waals surface area contributed by atoms with E-state index in [-0.39, 0.29) is 5.41 Å². The molecule has 0 radical (unpaired) electrons. The lowest BCUT2D eigenvalue weighted by Crippen LogP contribution is -2.10. The van der Waals surface area contributed by atoms with E-state index in [1.165, 1.54) is 0 Å². The van der Waals surface area contributed by atoms with Crippen molar-refractivity contribution in [2.45, 2.75) is 26.2 Å². The van der Waals surface area contributed by atoms with Gasteiger partial charge >= 0.3 is 0 Å². The summed E-state index contributed by atoms with van der Waals surface area (Å²) in [7, 11) is 0. The van der Waals surface area contributed by atoms with E-state index in [2.05, 4.69) is 25.8 Å². The third-order valence-electron chi connectivity index (χ3n) is 3.32. The molecule has 1 N–H and O–H groups in total. The summed E-state index contributed by atoms with van der Waals surface area (Å²) in [5.41, 5.74) is 2.11. The highest BCUT2D eigenvalue weighted by Crippen LogP contribution is 2.29. The Morgan fingerprint density at radius 3 is 2.09 bits per heavy atom. The summed E-state index contributed by atoms with van der Waals surface area (Å²) in [6.07, 6.45) is 0. The number of phenols is 1. The first-order valence-corrected chi connectivity index (χ1v) is 7.49. The van der Waals surface area contributed by atoms with Gasteiger partial charge in [0.2, 0.25) is 5.90 Å². The van der Waals surface area contributed by atoms with E-state index < -0.39 is 0 Å². The number of para-hydroxylation sites is 1. The monoisotopic (exact) mass is 297 g/mol. The van der Waals surface area contributed by atoms with Gasteiger partial charge in [-0.3, -0.25) is 0 Å². The maximum Gasteiger partial charge on any atom is 0.216 e. The van der Waals surface area contributed by atoms with Crippen LogP contribution in [0.25, 0.3) is 0 Å². The van der Waals surface area contributed by atoms with Crippen molar-refractivity contribution in [1.82, 2.24) is 0 Å². The summed E-state index contributed by atoms with van der Waals surface area (Å²) in [5, 5.41) is 9.45. The third-order valence-corrected chi connectivity index (χ3v) is 3.32. The molecule has 0 unspecified atom stereocenters. The summed E-state index contributed by atoms with van der Waals surface area (Å²) in [4.78, 5) is 4.20. The number of hydrogen-bond acceptors (Lipinski definition) is 3. The summed E-state index contributed by atoms with van der Waals surface area (Å²) in [6, 6.07) is 17.4. The van der Waals surface area contributed by atoms with Crippen LogP contribution in [0.15, 0.2) is 59.6 Å². The minimum atomic E-state index is 0.0331. The van der Waals surface area contributed by atoms with E-state index in [0.29, 0.717) is 5.75 Å². The third kappa shape index (κ3) is 4.35. The highest BCUT2D eigenvalue weighted by molar-refractivity contribution is 5.94. The lowest BCUT2D eigenvalue weighted by atomic mass is 9.86. The molecule has 0 saturated heterocycles. The van der Waals surface area contributed by atoms with Gasteiger partial charge in [0, 0.05) is 5.56 Å². The van der Waals surface area contributed by atoms with Gasteiger partial charge in [-0.15, -0.1) is 0 Å². The molecule has 0 aromatic heterocycles. The molecule has 1 aliphatic heterocycles. The topological polar surface area (TPSA) is 41.8 Å². The highest BCUT2D eigenvalue weighted by atomic mass is 16.5. The molecule has 0 amide bonds. The zero-order chi connectivity index (χ0) is 16.0. The predicted molar refractivity (Wildman–Crippen MR) is 90.6 cm³/mol. The molecule has 3 nitrogen and oxygen atoms in total. The quantitative estimate of drug-likeness (QED) is 0.859. The number of benzene rings is 2. The Labute approximate surface area is 132 Å². The first kappa shape index (κ1) is 16.1. The Morgan fingerprint density at radius 1 is 0.955 bits per heavy atom. The fraction of sp³-hybridized carbons (Fsp3) is 0.316. The van der Waals surface area contributed by atoms with Crippen LogP contribution in [0, 0.1) is 0 Å². The number of ether oxygens (including phenoxy) is 1. The number of aromatic hydroxyl groups is 1. The van der Waals surface area contributed by atoms with Gasteiger partial charge in [0.25, 0.3) is 0 Å². The molecule has 3 rings (SSSR count). The number of phenolic OH excluding ortho intramolecular Hbond substituents is 1. The van der Waals surface area contributed by atoms with E-state index in [1.54, 1.807) is 6.07 Å². The van der Waals surface area contributed by atoms with E-state index in [9.17, 15) is 5.11 Å². The minimum absolute atomic E-state index is 0.0331. The maximum atomic E-state index is 9.45. The van der Waals surface area contributed by atoms with Gasteiger partial charge < -0.3 is 9.84 Å². The van der Waals surface area contributed by atoms with Crippen LogP contribution in [-0.2, 0) is 10.2 Å². The van der Waals surface area contributed by atoms with Crippen LogP contribution < -0.4 is 0 Å². The number of rotatable bonds is 1. The molecular formula is C19H23NO2. The molecular weight excluding hydrogens is 274 g/mol. The number of hydrogen-bond donors (Lipinski definition) is 1. The number of aliphatic imine (C=N–C) groups is 1. The molecule has 1 aliphatic rings. The Hall–Kier alpha value is -2.29. The van der Waals surface area contributed by atoms with Gasteiger partial charge in [0.05, 0.1) is 6.54 Å². The maximum absolute atomic E-state index is 9.45. The minimum Gasteiger partial charge on any atom is -0.508 e. The van der Waals surface area contributed by atoms with E-state index in [0.717, 1.165) is 30.2 Å². The molecule has 0 atom stereocenters. The number of nitrogens with zero attached hydrogens (tertiary/aromatic N) is 1. The Balaban J connectivity index is 0.000000160. The smallest absolute Gasteiger partial charge is 0.216 e. The molecule has 0 spiro atoms. The summed E-state index contributed by atoms with van der Waals surface area (Å²) in [6.45, 7) is 7.78. The van der Waals surface area contributed by atoms with Crippen molar-refractivity contribution in [1.29, 1.82) is 0 Å². The SMILES string of the molecule is CC(C)(C)c1ccccc1O.c1ccc(C2=NCCO2)cc1. The average molecular weight is 297 g/mol. The standard InChI is InChI=1S/C10H14O.C9H9NO/c1-10(2,3)8-6-4-5-7-9(8)11;1-2-4-8(5-3-1)9-10-6-7-11-9/h4-7,11H,1-3H3;1-5H,6-7H2. The van der Waals surface area contributed by atoms with Crippen molar-refractivity contribution in [2.24, 2.45) is 4.99 Å². The van der Waals surface area contributed by atoms with Gasteiger partial charge in [-0.25, -0.2) is 4.99 Å². The molecule has 2 aromatic carbocycles. The summed E-state index contributed by atoms with van der Waals surface area (Å²) in [5.74, 6) is 1.17. The molecule has 22 heavy (non-hydrogen) atoms. The molecule has 3 heteroatoms. The van der Waals surface area contributed by atoms with Crippen molar-refractivity contribution in [2.75, 3.05) is 13.2 Å². The molecule has 1 heterocycles. The van der Waals surface area contributed by atoms with Crippen molar-refractivity contribution < 1.29 is 9.84 Å². The van der Waals surface area contributed by atoms with Gasteiger partial charge in [0.1, 0.15) is 12.4 Å². The Morgan fingerprint density at radius 2 is 1.59 bits per heavy atom. The molecule has 116 valence electrons. The molecule has 0 aliphatic carbocycles. The first-order valence-electron chi connectivity index (χ1n) is 7.49. The lowest BCUT2D eigenvalue weighted by molar-refractivity contribution is 0.348. The van der Waals surface area contributed by atoms with Crippen LogP contribution in [0.3, 0.4) is 0 Å². The van der Waals surface area contributed by atoms with E-state index in [4.69, 9.17) is 4.74 Å². The van der Waals surface area contributed by atoms with Crippen molar-refractivity contribution in [3.63, 3.8) is 0 Å². The normalized spacial score (nSPS) is 13.7. The van der Waals surface area contributed by atoms with Gasteiger partial charge in [-0.05, 0) is 29.2 Å².